The van der Waals surface area contributed by atoms with E-state index in [0.29, 0.717) is 61.7 Å². The Hall–Kier alpha value is -11.7. The van der Waals surface area contributed by atoms with E-state index in [1.54, 1.807) is 92.0 Å². The van der Waals surface area contributed by atoms with Crippen LogP contribution in [0.15, 0.2) is 224 Å². The van der Waals surface area contributed by atoms with Crippen LogP contribution in [-0.4, -0.2) is 129 Å². The predicted molar refractivity (Wildman–Crippen MR) is 527 cm³/mol. The number of rotatable bonds is 40. The molecular weight excluding hydrogens is 1840 g/mol. The summed E-state index contributed by atoms with van der Waals surface area (Å²) < 4.78 is 181. The van der Waals surface area contributed by atoms with E-state index in [1.165, 1.54) is 103 Å². The van der Waals surface area contributed by atoms with Crippen LogP contribution in [0.3, 0.4) is 0 Å². The van der Waals surface area contributed by atoms with Gasteiger partial charge in [0.2, 0.25) is 5.91 Å². The molecule has 5 heterocycles. The Kier molecular flexibility index (Phi) is 43.9. The highest BCUT2D eigenvalue weighted by molar-refractivity contribution is 7.85. The van der Waals surface area contributed by atoms with Gasteiger partial charge in [0.15, 0.2) is 28.6 Å². The van der Waals surface area contributed by atoms with Crippen LogP contribution in [0.4, 0.5) is 39.5 Å². The molecule has 33 heteroatoms. The zero-order chi connectivity index (χ0) is 104. The molecule has 0 saturated carbocycles. The molecule has 1 aliphatic heterocycles. The maximum absolute atomic E-state index is 14.7. The smallest absolute Gasteiger partial charge is 0.434 e. The number of carbonyl (C=O) groups excluding carboxylic acids is 5. The number of alkyl halides is 9. The number of hydrogen-bond acceptors (Lipinski definition) is 18. The van der Waals surface area contributed by atoms with Gasteiger partial charge < -0.3 is 45.2 Å². The lowest BCUT2D eigenvalue weighted by Crippen LogP contribution is -2.58. The molecule has 6 N–H and O–H groups in total. The number of aryl methyl sites for hydroxylation is 4. The summed E-state index contributed by atoms with van der Waals surface area (Å²) in [5.74, 6) is 0.513. The van der Waals surface area contributed by atoms with E-state index < -0.39 is 108 Å². The molecule has 0 radical (unpaired) electrons. The van der Waals surface area contributed by atoms with E-state index in [-0.39, 0.29) is 64.1 Å². The molecule has 10 rings (SSSR count). The largest absolute Gasteiger partial charge is 0.494 e. The van der Waals surface area contributed by atoms with Gasteiger partial charge in [-0.2, -0.15) is 43.9 Å². The highest BCUT2D eigenvalue weighted by Crippen LogP contribution is 2.47. The lowest BCUT2D eigenvalue weighted by molar-refractivity contribution is -0.193. The summed E-state index contributed by atoms with van der Waals surface area (Å²) in [6, 6.07) is 44.6. The summed E-state index contributed by atoms with van der Waals surface area (Å²) in [7, 11) is -4.10. The third-order valence-electron chi connectivity index (χ3n) is 22.1. The summed E-state index contributed by atoms with van der Waals surface area (Å²) in [4.78, 5) is 79.2. The molecule has 0 aliphatic carbocycles. The standard InChI is InChI=1S/C24H31F3N2O3S.2C23H28N2O3.C20H23F3N2O2.C16H22F3NO2S/c1-6-7-14-32-19-11-9-18(10-12-19)23(24(25,26)27,29-33(31)22(3,4)5)15-21(30)20-13-8-17(2)16-28-20;1-5-6-13-28-19-10-8-18(9-11-19)22(4)15-23(27,17(3)21(26)25-22)20-12-7-16(2)14-24-20;1-5-7-14-28-19-11-9-18(10-12-19)23(4,25-22(27)6-2)15-21(26)20-13-8-17(3)16-24-20;1-3-4-11-27-16-8-6-15(7-9-16)19(24,20(21,22)23)12-18(26)17-10-5-14(2)13-25-17;1-5-6-11-22-13-9-7-12(8-10-13)14(16(17,18)19)20-23(21)15(2,3)4/h8-13,16,29H,6-7,14-15H2,1-5H3;7-12,14,27H,3,5-6,13,15H2,1-2,4H3,(H,25,26);6,8-13,16H,2,5,7,14-15H2,1,3-4H3,(H,25,27);5-10,13H,3-4,11-12,24H2,1-2H3;7-10H,5-6,11H2,1-4H3/t23-,33-;22-,23?;23-;19-;23-/m00000/s1. The van der Waals surface area contributed by atoms with Gasteiger partial charge in [-0.1, -0.05) is 153 Å². The minimum Gasteiger partial charge on any atom is -0.494 e. The van der Waals surface area contributed by atoms with Gasteiger partial charge in [-0.05, 0) is 263 Å². The number of ether oxygens (including phenoxy) is 5. The van der Waals surface area contributed by atoms with Gasteiger partial charge in [0, 0.05) is 61.6 Å². The molecule has 1 saturated heterocycles. The average molecular weight is 1980 g/mol. The number of nitrogens with two attached hydrogens (primary N) is 1. The SMILES string of the molecule is C=C1C(=O)N[C@](C)(c2ccc(OCCCC)cc2)CC1(O)c1ccc(C)cn1.C=CC(=O)N[C@@](C)(CC(=O)c1ccc(C)cn1)c1ccc(OCCCC)cc1.CCCCOc1ccc(C(=N[S@@](=O)C(C)(C)C)C(F)(F)F)cc1.CCCCOc1ccc([C@@](N)(CC(=O)c2ccc(C)cn2)C(F)(F)F)cc1.CCCCOc1ccc([C@](CC(=O)c2ccc(C)cn2)(N[S@@](=O)C(C)(C)C)C(F)(F)F)cc1. The number of aliphatic hydroxyl groups is 1. The van der Waals surface area contributed by atoms with Crippen molar-refractivity contribution in [3.05, 3.63) is 292 Å². The summed E-state index contributed by atoms with van der Waals surface area (Å²) >= 11 is 0. The number of carbonyl (C=O) groups is 5. The highest BCUT2D eigenvalue weighted by Gasteiger charge is 2.59. The molecule has 9 aromatic rings. The van der Waals surface area contributed by atoms with E-state index >= 15 is 0 Å². The van der Waals surface area contributed by atoms with Gasteiger partial charge in [0.25, 0.3) is 5.91 Å². The van der Waals surface area contributed by atoms with Crippen molar-refractivity contribution in [3.63, 3.8) is 0 Å². The van der Waals surface area contributed by atoms with E-state index in [4.69, 9.17) is 29.4 Å². The Labute approximate surface area is 815 Å². The normalized spacial score (nSPS) is 16.2. The molecule has 7 atom stereocenters. The lowest BCUT2D eigenvalue weighted by Gasteiger charge is -2.44. The van der Waals surface area contributed by atoms with Gasteiger partial charge in [-0.3, -0.25) is 43.9 Å². The first kappa shape index (κ1) is 116. The van der Waals surface area contributed by atoms with Crippen molar-refractivity contribution < 1.29 is 101 Å². The topological polar surface area (TPSA) is 312 Å². The third-order valence-corrected chi connectivity index (χ3v) is 25.1. The van der Waals surface area contributed by atoms with Crippen LogP contribution in [0, 0.1) is 27.7 Å². The van der Waals surface area contributed by atoms with E-state index in [0.717, 1.165) is 109 Å². The van der Waals surface area contributed by atoms with Crippen LogP contribution in [0.5, 0.6) is 28.7 Å². The number of Topliss-reactive ketones (excluding diaryl/α,β-unsaturated/α-hetero) is 3. The van der Waals surface area contributed by atoms with Gasteiger partial charge in [0.05, 0.1) is 70.3 Å². The maximum atomic E-state index is 14.7. The molecule has 0 bridgehead atoms. The first-order chi connectivity index (χ1) is 65.2. The quantitative estimate of drug-likeness (QED) is 0.00783. The number of hydrogen-bond donors (Lipinski definition) is 5. The minimum atomic E-state index is -4.93. The van der Waals surface area contributed by atoms with Crippen LogP contribution in [0.25, 0.3) is 0 Å². The average Bonchev–Trinajstić information content (AvgIpc) is 0.746. The number of ketones is 3. The number of nitrogens with one attached hydrogen (secondary N) is 3. The van der Waals surface area contributed by atoms with E-state index in [2.05, 4.69) is 66.7 Å². The first-order valence-corrected chi connectivity index (χ1v) is 48.3. The molecule has 2 amide bonds. The number of unbranched alkanes of at least 4 members (excludes halogenated alkanes) is 5. The molecule has 5 aromatic carbocycles. The van der Waals surface area contributed by atoms with Crippen molar-refractivity contribution in [1.29, 1.82) is 0 Å². The summed E-state index contributed by atoms with van der Waals surface area (Å²) in [5, 5.41) is 17.3. The van der Waals surface area contributed by atoms with Crippen LogP contribution in [-0.2, 0) is 59.3 Å². The number of benzene rings is 5. The Bertz CT molecular complexity index is 5530. The van der Waals surface area contributed by atoms with Crippen LogP contribution in [0.1, 0.15) is 267 Å². The molecular formula is C106H132F9N9O13S2. The van der Waals surface area contributed by atoms with Gasteiger partial charge >= 0.3 is 18.5 Å². The second-order valence-electron chi connectivity index (χ2n) is 36.3. The zero-order valence-corrected chi connectivity index (χ0v) is 83.9. The molecule has 754 valence electrons. The van der Waals surface area contributed by atoms with Crippen molar-refractivity contribution in [2.75, 3.05) is 33.0 Å². The molecule has 1 unspecified atom stereocenters. The van der Waals surface area contributed by atoms with Crippen molar-refractivity contribution in [2.24, 2.45) is 10.1 Å². The van der Waals surface area contributed by atoms with Crippen molar-refractivity contribution in [1.82, 2.24) is 35.3 Å². The second-order valence-corrected chi connectivity index (χ2v) is 40.2. The summed E-state index contributed by atoms with van der Waals surface area (Å²) in [6.45, 7) is 40.9. The first-order valence-electron chi connectivity index (χ1n) is 46.0. The van der Waals surface area contributed by atoms with Crippen LogP contribution < -0.4 is 44.8 Å². The second kappa shape index (κ2) is 52.6. The fourth-order valence-electron chi connectivity index (χ4n) is 13.4. The maximum Gasteiger partial charge on any atom is 0.434 e. The van der Waals surface area contributed by atoms with Crippen molar-refractivity contribution >= 4 is 56.8 Å². The minimum absolute atomic E-state index is 0.0424. The number of aromatic nitrogens is 4. The fraction of sp³-hybridized carbons (Fsp3) is 0.434. The monoisotopic (exact) mass is 1970 g/mol. The number of amides is 2. The Morgan fingerprint density at radius 1 is 0.489 bits per heavy atom. The highest BCUT2D eigenvalue weighted by atomic mass is 32.2. The Morgan fingerprint density at radius 2 is 0.842 bits per heavy atom. The Balaban J connectivity index is 0.000000268. The van der Waals surface area contributed by atoms with E-state index in [9.17, 15) is 77.0 Å². The summed E-state index contributed by atoms with van der Waals surface area (Å²) in [5.41, 5.74) is 1.22. The molecule has 139 heavy (non-hydrogen) atoms. The molecule has 4 aromatic heterocycles. The fourth-order valence-corrected chi connectivity index (χ4v) is 15.0. The predicted octanol–water partition coefficient (Wildman–Crippen LogP) is 23.0. The Morgan fingerprint density at radius 3 is 1.17 bits per heavy atom. The van der Waals surface area contributed by atoms with Crippen molar-refractivity contribution in [3.8, 4) is 28.7 Å². The number of halogens is 9. The third kappa shape index (κ3) is 34.7. The lowest BCUT2D eigenvalue weighted by atomic mass is 9.72. The van der Waals surface area contributed by atoms with Crippen LogP contribution in [0.2, 0.25) is 0 Å². The summed E-state index contributed by atoms with van der Waals surface area (Å²) in [6.07, 6.45) is 0.942. The van der Waals surface area contributed by atoms with Gasteiger partial charge in [-0.25, -0.2) is 13.1 Å². The molecule has 0 spiro atoms. The number of nitrogens with zero attached hydrogens (tertiary/aromatic N) is 5. The van der Waals surface area contributed by atoms with Crippen LogP contribution >= 0.6 is 0 Å². The van der Waals surface area contributed by atoms with Gasteiger partial charge in [0.1, 0.15) is 68.0 Å². The molecule has 22 nitrogen and oxygen atoms in total. The molecule has 1 aliphatic rings. The molecule has 1 fully saturated rings. The van der Waals surface area contributed by atoms with Crippen molar-refractivity contribution in [2.45, 2.75) is 263 Å². The number of piperidine rings is 1. The van der Waals surface area contributed by atoms with E-state index in [1.807, 2.05) is 109 Å². The van der Waals surface area contributed by atoms with Gasteiger partial charge in [-0.15, -0.1) is 0 Å². The number of pyridine rings is 4. The zero-order valence-electron chi connectivity index (χ0n) is 82.3.